The fourth-order valence-corrected chi connectivity index (χ4v) is 3.79. The molecule has 0 aliphatic carbocycles. The van der Waals surface area contributed by atoms with Crippen LogP contribution >= 0.6 is 15.9 Å². The average Bonchev–Trinajstić information content (AvgIpc) is 2.48. The second kappa shape index (κ2) is 6.60. The van der Waals surface area contributed by atoms with Gasteiger partial charge in [0.1, 0.15) is 0 Å². The number of aliphatic hydroxyl groups is 1. The first-order valence-corrected chi connectivity index (χ1v) is 8.75. The van der Waals surface area contributed by atoms with Crippen molar-refractivity contribution < 1.29 is 13.5 Å². The third-order valence-electron chi connectivity index (χ3n) is 3.12. The van der Waals surface area contributed by atoms with E-state index in [0.29, 0.717) is 17.7 Å². The number of hydrogen-bond acceptors (Lipinski definition) is 3. The van der Waals surface area contributed by atoms with Gasteiger partial charge in [0.15, 0.2) is 0 Å². The number of sulfonamides is 1. The van der Waals surface area contributed by atoms with E-state index in [1.54, 1.807) is 30.3 Å². The third-order valence-corrected chi connectivity index (χ3v) is 5.08. The van der Waals surface area contributed by atoms with Crippen molar-refractivity contribution in [3.8, 4) is 0 Å². The van der Waals surface area contributed by atoms with Crippen LogP contribution in [0.15, 0.2) is 51.8 Å². The third kappa shape index (κ3) is 3.64. The van der Waals surface area contributed by atoms with E-state index < -0.39 is 10.0 Å². The molecule has 2 N–H and O–H groups in total. The van der Waals surface area contributed by atoms with Gasteiger partial charge in [-0.2, -0.15) is 0 Å². The van der Waals surface area contributed by atoms with E-state index in [9.17, 15) is 13.5 Å². The Morgan fingerprint density at radius 3 is 2.52 bits per heavy atom. The van der Waals surface area contributed by atoms with Crippen LogP contribution in [0.5, 0.6) is 0 Å². The summed E-state index contributed by atoms with van der Waals surface area (Å²) in [5, 5.41) is 9.29. The number of rotatable bonds is 5. The number of aryl methyl sites for hydroxylation is 1. The smallest absolute Gasteiger partial charge is 0.262 e. The molecule has 0 aliphatic heterocycles. The SMILES string of the molecule is CCc1cc(Br)ccc1NS(=O)(=O)c1ccccc1CO. The highest BCUT2D eigenvalue weighted by Crippen LogP contribution is 2.25. The molecule has 0 amide bonds. The minimum atomic E-state index is -3.73. The Kier molecular flexibility index (Phi) is 5.03. The number of benzene rings is 2. The first-order valence-electron chi connectivity index (χ1n) is 6.48. The molecule has 0 radical (unpaired) electrons. The van der Waals surface area contributed by atoms with Crippen LogP contribution in [0.2, 0.25) is 0 Å². The lowest BCUT2D eigenvalue weighted by molar-refractivity contribution is 0.278. The maximum atomic E-state index is 12.5. The lowest BCUT2D eigenvalue weighted by Crippen LogP contribution is -2.16. The van der Waals surface area contributed by atoms with E-state index in [4.69, 9.17) is 0 Å². The largest absolute Gasteiger partial charge is 0.392 e. The fourth-order valence-electron chi connectivity index (χ4n) is 2.05. The maximum absolute atomic E-state index is 12.5. The molecule has 0 aromatic heterocycles. The normalized spacial score (nSPS) is 11.4. The van der Waals surface area contributed by atoms with Crippen LogP contribution in [0.1, 0.15) is 18.1 Å². The van der Waals surface area contributed by atoms with Crippen molar-refractivity contribution in [2.75, 3.05) is 4.72 Å². The van der Waals surface area contributed by atoms with E-state index in [0.717, 1.165) is 10.0 Å². The van der Waals surface area contributed by atoms with Gasteiger partial charge in [-0.3, -0.25) is 4.72 Å². The molecule has 6 heteroatoms. The highest BCUT2D eigenvalue weighted by Gasteiger charge is 2.19. The highest BCUT2D eigenvalue weighted by molar-refractivity contribution is 9.10. The molecular weight excluding hydrogens is 354 g/mol. The quantitative estimate of drug-likeness (QED) is 0.849. The van der Waals surface area contributed by atoms with Gasteiger partial charge in [0.05, 0.1) is 17.2 Å². The zero-order valence-electron chi connectivity index (χ0n) is 11.5. The lowest BCUT2D eigenvalue weighted by Gasteiger charge is -2.14. The van der Waals surface area contributed by atoms with Crippen molar-refractivity contribution in [2.24, 2.45) is 0 Å². The van der Waals surface area contributed by atoms with Gasteiger partial charge in [-0.15, -0.1) is 0 Å². The summed E-state index contributed by atoms with van der Waals surface area (Å²) in [5.74, 6) is 0. The Morgan fingerprint density at radius 2 is 1.86 bits per heavy atom. The van der Waals surface area contributed by atoms with Crippen LogP contribution < -0.4 is 4.72 Å². The molecule has 0 saturated heterocycles. The van der Waals surface area contributed by atoms with Gasteiger partial charge < -0.3 is 5.11 Å². The van der Waals surface area contributed by atoms with Gasteiger partial charge in [-0.05, 0) is 41.8 Å². The molecule has 4 nitrogen and oxygen atoms in total. The zero-order valence-corrected chi connectivity index (χ0v) is 13.9. The van der Waals surface area contributed by atoms with Crippen LogP contribution in [0.3, 0.4) is 0 Å². The van der Waals surface area contributed by atoms with Crippen molar-refractivity contribution in [3.63, 3.8) is 0 Å². The summed E-state index contributed by atoms with van der Waals surface area (Å²) in [5.41, 5.74) is 1.82. The molecule has 21 heavy (non-hydrogen) atoms. The Hall–Kier alpha value is -1.37. The van der Waals surface area contributed by atoms with E-state index >= 15 is 0 Å². The van der Waals surface area contributed by atoms with Crippen LogP contribution in [0.25, 0.3) is 0 Å². The number of nitrogens with one attached hydrogen (secondary N) is 1. The average molecular weight is 370 g/mol. The summed E-state index contributed by atoms with van der Waals surface area (Å²) in [6, 6.07) is 11.8. The fraction of sp³-hybridized carbons (Fsp3) is 0.200. The van der Waals surface area contributed by atoms with Crippen LogP contribution in [0, 0.1) is 0 Å². The molecule has 0 spiro atoms. The Morgan fingerprint density at radius 1 is 1.14 bits per heavy atom. The second-order valence-corrected chi connectivity index (χ2v) is 7.09. The summed E-state index contributed by atoms with van der Waals surface area (Å²) < 4.78 is 28.5. The predicted octanol–water partition coefficient (Wildman–Crippen LogP) is 3.30. The first-order chi connectivity index (χ1) is 9.97. The molecule has 0 aliphatic rings. The molecule has 2 aromatic rings. The molecule has 2 aromatic carbocycles. The minimum Gasteiger partial charge on any atom is -0.392 e. The number of hydrogen-bond donors (Lipinski definition) is 2. The van der Waals surface area contributed by atoms with Crippen molar-refractivity contribution in [1.82, 2.24) is 0 Å². The number of halogens is 1. The van der Waals surface area contributed by atoms with Gasteiger partial charge in [-0.1, -0.05) is 41.1 Å². The zero-order chi connectivity index (χ0) is 15.5. The van der Waals surface area contributed by atoms with E-state index in [2.05, 4.69) is 20.7 Å². The molecule has 0 fully saturated rings. The van der Waals surface area contributed by atoms with E-state index in [1.165, 1.54) is 6.07 Å². The monoisotopic (exact) mass is 369 g/mol. The summed E-state index contributed by atoms with van der Waals surface area (Å²) in [6.45, 7) is 1.64. The summed E-state index contributed by atoms with van der Waals surface area (Å²) in [6.07, 6.45) is 0.707. The van der Waals surface area contributed by atoms with Crippen LogP contribution in [-0.4, -0.2) is 13.5 Å². The molecule has 2 rings (SSSR count). The molecule has 0 atom stereocenters. The van der Waals surface area contributed by atoms with Gasteiger partial charge in [-0.25, -0.2) is 8.42 Å². The topological polar surface area (TPSA) is 66.4 Å². The molecule has 0 bridgehead atoms. The maximum Gasteiger partial charge on any atom is 0.262 e. The molecule has 0 saturated carbocycles. The Bertz CT molecular complexity index is 744. The summed E-state index contributed by atoms with van der Waals surface area (Å²) in [7, 11) is -3.73. The van der Waals surface area contributed by atoms with Crippen molar-refractivity contribution in [1.29, 1.82) is 0 Å². The van der Waals surface area contributed by atoms with Crippen molar-refractivity contribution in [3.05, 3.63) is 58.1 Å². The Balaban J connectivity index is 2.42. The Labute approximate surface area is 133 Å². The summed E-state index contributed by atoms with van der Waals surface area (Å²) in [4.78, 5) is 0.0949. The molecular formula is C15H16BrNO3S. The highest BCUT2D eigenvalue weighted by atomic mass is 79.9. The van der Waals surface area contributed by atoms with E-state index in [1.807, 2.05) is 13.0 Å². The first kappa shape index (κ1) is 16.0. The molecule has 0 unspecified atom stereocenters. The predicted molar refractivity (Wildman–Crippen MR) is 86.7 cm³/mol. The van der Waals surface area contributed by atoms with Gasteiger partial charge in [0.2, 0.25) is 0 Å². The van der Waals surface area contributed by atoms with Crippen molar-refractivity contribution >= 4 is 31.6 Å². The molecule has 0 heterocycles. The number of aliphatic hydroxyl groups excluding tert-OH is 1. The second-order valence-electron chi connectivity index (χ2n) is 4.53. The summed E-state index contributed by atoms with van der Waals surface area (Å²) >= 11 is 3.37. The van der Waals surface area contributed by atoms with Gasteiger partial charge in [0.25, 0.3) is 10.0 Å². The van der Waals surface area contributed by atoms with Crippen LogP contribution in [0.4, 0.5) is 5.69 Å². The lowest BCUT2D eigenvalue weighted by atomic mass is 10.1. The number of anilines is 1. The van der Waals surface area contributed by atoms with Crippen LogP contribution in [-0.2, 0) is 23.1 Å². The van der Waals surface area contributed by atoms with E-state index in [-0.39, 0.29) is 11.5 Å². The standard InChI is InChI=1S/C15H16BrNO3S/c1-2-11-9-13(16)7-8-14(11)17-21(19,20)15-6-4-3-5-12(15)10-18/h3-9,17-18H,2,10H2,1H3. The van der Waals surface area contributed by atoms with Gasteiger partial charge in [0, 0.05) is 4.47 Å². The molecule has 112 valence electrons. The van der Waals surface area contributed by atoms with Gasteiger partial charge >= 0.3 is 0 Å². The minimum absolute atomic E-state index is 0.0949. The van der Waals surface area contributed by atoms with Crippen molar-refractivity contribution in [2.45, 2.75) is 24.8 Å².